The summed E-state index contributed by atoms with van der Waals surface area (Å²) in [6.07, 6.45) is 0. The predicted octanol–water partition coefficient (Wildman–Crippen LogP) is -3.91. The molecule has 8 heteroatoms. The van der Waals surface area contributed by atoms with Gasteiger partial charge >= 0.3 is 36.3 Å². The van der Waals surface area contributed by atoms with Gasteiger partial charge in [-0.1, -0.05) is 0 Å². The van der Waals surface area contributed by atoms with Crippen molar-refractivity contribution in [3.8, 4) is 0 Å². The molecule has 4 nitrogen and oxygen atoms in total. The van der Waals surface area contributed by atoms with Crippen LogP contribution in [0.1, 0.15) is 0 Å². The molecule has 0 saturated heterocycles. The molecular formula is H6BO4PbSiZn. The molecule has 4 N–H and O–H groups in total. The summed E-state index contributed by atoms with van der Waals surface area (Å²) in [4.78, 5) is 29.3. The number of hydrogen-bond donors (Lipinski definition) is 4. The Morgan fingerprint density at radius 3 is 0.875 bits per heavy atom. The summed E-state index contributed by atoms with van der Waals surface area (Å²) in [7, 11) is -4.61. The Balaban J connectivity index is -0.0000000267. The van der Waals surface area contributed by atoms with Crippen LogP contribution in [-0.2, 0) is 19.5 Å². The Morgan fingerprint density at radius 2 is 0.875 bits per heavy atom. The minimum atomic E-state index is -4.61. The first-order valence-electron chi connectivity index (χ1n) is 0.894. The van der Waals surface area contributed by atoms with Gasteiger partial charge < -0.3 is 19.2 Å². The van der Waals surface area contributed by atoms with Gasteiger partial charge in [0.05, 0.1) is 0 Å². The van der Waals surface area contributed by atoms with Crippen molar-refractivity contribution >= 4 is 44.8 Å². The molecule has 0 aromatic carbocycles. The van der Waals surface area contributed by atoms with Gasteiger partial charge in [-0.05, 0) is 0 Å². The van der Waals surface area contributed by atoms with Gasteiger partial charge in [0, 0.05) is 27.9 Å². The minimum Gasteiger partial charge on any atom is 0 e. The topological polar surface area (TPSA) is 80.9 Å². The second-order valence-electron chi connectivity index (χ2n) is 0.600. The quantitative estimate of drug-likeness (QED) is 0.324. The van der Waals surface area contributed by atoms with Crippen molar-refractivity contribution in [2.45, 2.75) is 0 Å². The van der Waals surface area contributed by atoms with Crippen LogP contribution in [0.4, 0.5) is 0 Å². The summed E-state index contributed by atoms with van der Waals surface area (Å²) in [6, 6.07) is 0. The average Bonchev–Trinajstić information content (AvgIpc) is 0.722. The monoisotopic (exact) mass is 381 g/mol. The zero-order valence-corrected chi connectivity index (χ0v) is 13.7. The molecule has 0 aliphatic heterocycles. The van der Waals surface area contributed by atoms with Crippen molar-refractivity contribution in [2.75, 3.05) is 0 Å². The smallest absolute Gasteiger partial charge is 0 e. The van der Waals surface area contributed by atoms with Crippen LogP contribution >= 0.6 is 0 Å². The molecule has 8 heavy (non-hydrogen) atoms. The molecule has 0 heterocycles. The zero-order valence-electron chi connectivity index (χ0n) is 4.28. The molecule has 0 unspecified atom stereocenters. The molecule has 0 aromatic rings. The van der Waals surface area contributed by atoms with Crippen molar-refractivity contribution in [3.05, 3.63) is 0 Å². The van der Waals surface area contributed by atoms with Crippen molar-refractivity contribution in [1.29, 1.82) is 0 Å². The number of hydrogen-bond acceptors (Lipinski definition) is 4. The van der Waals surface area contributed by atoms with E-state index in [1.807, 2.05) is 0 Å². The van der Waals surface area contributed by atoms with Crippen molar-refractivity contribution in [1.82, 2.24) is 0 Å². The summed E-state index contributed by atoms with van der Waals surface area (Å²) in [5, 5.41) is 0. The molecule has 0 aliphatic rings. The summed E-state index contributed by atoms with van der Waals surface area (Å²) < 4.78 is 0. The second-order valence-corrected chi connectivity index (χ2v) is 1.80. The van der Waals surface area contributed by atoms with Crippen molar-refractivity contribution in [2.24, 2.45) is 0 Å². The molecular weight excluding hydrogens is 375 g/mol. The molecule has 0 spiro atoms. The van der Waals surface area contributed by atoms with E-state index in [2.05, 4.69) is 0 Å². The van der Waals surface area contributed by atoms with E-state index in [9.17, 15) is 0 Å². The van der Waals surface area contributed by atoms with Crippen molar-refractivity contribution in [3.63, 3.8) is 0 Å². The van der Waals surface area contributed by atoms with Gasteiger partial charge in [-0.2, -0.15) is 0 Å². The van der Waals surface area contributed by atoms with Gasteiger partial charge in [0.1, 0.15) is 0 Å². The maximum absolute atomic E-state index is 7.33. The second kappa shape index (κ2) is 8.67. The van der Waals surface area contributed by atoms with E-state index in [1.165, 1.54) is 0 Å². The Labute approximate surface area is 82.9 Å². The third-order valence-corrected chi connectivity index (χ3v) is 0. The van der Waals surface area contributed by atoms with Gasteiger partial charge in [0.15, 0.2) is 0 Å². The molecule has 0 aliphatic carbocycles. The van der Waals surface area contributed by atoms with Crippen LogP contribution in [0.3, 0.4) is 0 Å². The van der Waals surface area contributed by atoms with E-state index in [1.54, 1.807) is 0 Å². The first-order chi connectivity index (χ1) is 2.00. The summed E-state index contributed by atoms with van der Waals surface area (Å²) in [6.45, 7) is 0. The van der Waals surface area contributed by atoms with Gasteiger partial charge in [-0.25, -0.2) is 0 Å². The fourth-order valence-corrected chi connectivity index (χ4v) is 0. The molecule has 0 bridgehead atoms. The minimum absolute atomic E-state index is 0. The average molecular weight is 382 g/mol. The molecule has 0 saturated carbocycles. The van der Waals surface area contributed by atoms with Gasteiger partial charge in [0.25, 0.3) is 0 Å². The summed E-state index contributed by atoms with van der Waals surface area (Å²) >= 11 is 0. The van der Waals surface area contributed by atoms with E-state index >= 15 is 0 Å². The summed E-state index contributed by atoms with van der Waals surface area (Å²) in [5.41, 5.74) is 0. The largest absolute Gasteiger partial charge is 0 e. The fraction of sp³-hybridized carbons (Fsp3) is 0. The summed E-state index contributed by atoms with van der Waals surface area (Å²) in [5.74, 6) is 0. The van der Waals surface area contributed by atoms with Crippen molar-refractivity contribution < 1.29 is 38.7 Å². The van der Waals surface area contributed by atoms with Crippen LogP contribution < -0.4 is 0 Å². The maximum atomic E-state index is 7.33. The first kappa shape index (κ1) is 22.6. The standard InChI is InChI=1S/B.H4O4Si.Pb.Zn.2H/c;1-5(2,3)4;;;;/h;1-4H;;;;. The molecule has 5 radical (unpaired) electrons. The Kier molecular flexibility index (Phi) is 24.5. The van der Waals surface area contributed by atoms with Crippen LogP contribution in [-0.4, -0.2) is 63.9 Å². The predicted molar refractivity (Wildman–Crippen MR) is 28.9 cm³/mol. The van der Waals surface area contributed by atoms with E-state index in [0.29, 0.717) is 0 Å². The maximum Gasteiger partial charge on any atom is 0 e. The Hall–Kier alpha value is 1.67. The van der Waals surface area contributed by atoms with E-state index in [0.717, 1.165) is 0 Å². The molecule has 0 fully saturated rings. The van der Waals surface area contributed by atoms with E-state index in [4.69, 9.17) is 19.2 Å². The third kappa shape index (κ3) is 123. The third-order valence-electron chi connectivity index (χ3n) is 0. The van der Waals surface area contributed by atoms with Crippen LogP contribution in [0.25, 0.3) is 0 Å². The number of rotatable bonds is 0. The Morgan fingerprint density at radius 1 is 0.875 bits per heavy atom. The molecule has 0 aromatic heterocycles. The van der Waals surface area contributed by atoms with E-state index in [-0.39, 0.29) is 55.2 Å². The zero-order chi connectivity index (χ0) is 4.50. The van der Waals surface area contributed by atoms with Crippen LogP contribution in [0, 0.1) is 0 Å². The molecule has 0 amide bonds. The van der Waals surface area contributed by atoms with Crippen LogP contribution in [0.15, 0.2) is 0 Å². The Bertz CT molecular complexity index is 31.5. The van der Waals surface area contributed by atoms with E-state index < -0.39 is 9.05 Å². The van der Waals surface area contributed by atoms with Gasteiger partial charge in [0.2, 0.25) is 0 Å². The first-order valence-corrected chi connectivity index (χ1v) is 2.68. The normalized spacial score (nSPS) is 7.50. The van der Waals surface area contributed by atoms with Gasteiger partial charge in [-0.3, -0.25) is 0 Å². The molecule has 0 rings (SSSR count). The van der Waals surface area contributed by atoms with Crippen LogP contribution in [0.5, 0.6) is 0 Å². The SMILES string of the molecule is O[Si](O)(O)O.[B].[PbH2].[Zn]. The van der Waals surface area contributed by atoms with Crippen LogP contribution in [0.2, 0.25) is 0 Å². The fourth-order valence-electron chi connectivity index (χ4n) is 0. The van der Waals surface area contributed by atoms with Gasteiger partial charge in [-0.15, -0.1) is 0 Å². The molecule has 43 valence electrons. The molecule has 0 atom stereocenters.